The number of nitrogens with zero attached hydrogens (tertiary/aromatic N) is 1. The van der Waals surface area contributed by atoms with Gasteiger partial charge in [0.05, 0.1) is 13.0 Å². The van der Waals surface area contributed by atoms with Crippen molar-refractivity contribution in [3.05, 3.63) is 29.8 Å². The van der Waals surface area contributed by atoms with Gasteiger partial charge in [-0.05, 0) is 37.6 Å². The highest BCUT2D eigenvalue weighted by Gasteiger charge is 2.07. The fourth-order valence-corrected chi connectivity index (χ4v) is 1.83. The van der Waals surface area contributed by atoms with E-state index < -0.39 is 0 Å². The first-order valence-corrected chi connectivity index (χ1v) is 7.21. The first kappa shape index (κ1) is 16.5. The highest BCUT2D eigenvalue weighted by molar-refractivity contribution is 5.75. The smallest absolute Gasteiger partial charge is 0.225 e. The van der Waals surface area contributed by atoms with Crippen LogP contribution < -0.4 is 10.1 Å². The first-order chi connectivity index (χ1) is 9.54. The van der Waals surface area contributed by atoms with Crippen LogP contribution in [-0.4, -0.2) is 38.1 Å². The van der Waals surface area contributed by atoms with E-state index in [1.54, 1.807) is 19.0 Å². The summed E-state index contributed by atoms with van der Waals surface area (Å²) >= 11 is 0. The van der Waals surface area contributed by atoms with Crippen LogP contribution in [0.2, 0.25) is 0 Å². The molecule has 0 aliphatic heterocycles. The fraction of sp³-hybridized carbons (Fsp3) is 0.562. The molecule has 1 aromatic rings. The summed E-state index contributed by atoms with van der Waals surface area (Å²) in [4.78, 5) is 13.0. The lowest BCUT2D eigenvalue weighted by Gasteiger charge is -2.15. The van der Waals surface area contributed by atoms with E-state index >= 15 is 0 Å². The SMILES string of the molecule is CCCNC(C)c1cccc(OCCC(=O)N(C)C)c1. The van der Waals surface area contributed by atoms with E-state index in [1.807, 2.05) is 18.2 Å². The van der Waals surface area contributed by atoms with E-state index in [2.05, 4.69) is 25.2 Å². The minimum atomic E-state index is 0.0825. The van der Waals surface area contributed by atoms with Gasteiger partial charge in [0.25, 0.3) is 0 Å². The maximum atomic E-state index is 11.5. The van der Waals surface area contributed by atoms with Crippen LogP contribution in [0.15, 0.2) is 24.3 Å². The molecule has 0 aliphatic carbocycles. The van der Waals surface area contributed by atoms with Gasteiger partial charge in [-0.3, -0.25) is 4.79 Å². The number of hydrogen-bond donors (Lipinski definition) is 1. The Morgan fingerprint density at radius 2 is 2.15 bits per heavy atom. The van der Waals surface area contributed by atoms with Crippen LogP contribution in [0, 0.1) is 0 Å². The van der Waals surface area contributed by atoms with Crippen molar-refractivity contribution >= 4 is 5.91 Å². The van der Waals surface area contributed by atoms with E-state index in [9.17, 15) is 4.79 Å². The highest BCUT2D eigenvalue weighted by atomic mass is 16.5. The summed E-state index contributed by atoms with van der Waals surface area (Å²) in [7, 11) is 3.51. The van der Waals surface area contributed by atoms with Crippen molar-refractivity contribution in [2.24, 2.45) is 0 Å². The van der Waals surface area contributed by atoms with E-state index in [0.29, 0.717) is 19.1 Å². The molecule has 1 N–H and O–H groups in total. The average molecular weight is 278 g/mol. The summed E-state index contributed by atoms with van der Waals surface area (Å²) in [5.41, 5.74) is 1.20. The third-order valence-corrected chi connectivity index (χ3v) is 3.14. The second kappa shape index (κ2) is 8.59. The molecule has 0 saturated carbocycles. The zero-order valence-corrected chi connectivity index (χ0v) is 13.0. The van der Waals surface area contributed by atoms with Crippen LogP contribution in [0.5, 0.6) is 5.75 Å². The number of nitrogens with one attached hydrogen (secondary N) is 1. The Balaban J connectivity index is 2.49. The van der Waals surface area contributed by atoms with Crippen molar-refractivity contribution in [2.75, 3.05) is 27.2 Å². The van der Waals surface area contributed by atoms with Gasteiger partial charge in [-0.15, -0.1) is 0 Å². The highest BCUT2D eigenvalue weighted by Crippen LogP contribution is 2.19. The summed E-state index contributed by atoms with van der Waals surface area (Å²) < 4.78 is 5.65. The maximum absolute atomic E-state index is 11.5. The van der Waals surface area contributed by atoms with Gasteiger partial charge in [0, 0.05) is 20.1 Å². The van der Waals surface area contributed by atoms with Gasteiger partial charge in [-0.25, -0.2) is 0 Å². The lowest BCUT2D eigenvalue weighted by molar-refractivity contribution is -0.129. The van der Waals surface area contributed by atoms with E-state index in [4.69, 9.17) is 4.74 Å². The average Bonchev–Trinajstić information content (AvgIpc) is 2.44. The van der Waals surface area contributed by atoms with E-state index in [0.717, 1.165) is 18.7 Å². The van der Waals surface area contributed by atoms with Crippen LogP contribution in [0.1, 0.15) is 38.3 Å². The minimum Gasteiger partial charge on any atom is -0.493 e. The zero-order chi connectivity index (χ0) is 15.0. The largest absolute Gasteiger partial charge is 0.493 e. The van der Waals surface area contributed by atoms with Gasteiger partial charge in [0.15, 0.2) is 0 Å². The summed E-state index contributed by atoms with van der Waals surface area (Å²) in [5, 5.41) is 3.45. The number of carbonyl (C=O) groups is 1. The minimum absolute atomic E-state index is 0.0825. The molecule has 0 radical (unpaired) electrons. The maximum Gasteiger partial charge on any atom is 0.225 e. The van der Waals surface area contributed by atoms with Gasteiger partial charge in [-0.2, -0.15) is 0 Å². The Morgan fingerprint density at radius 1 is 1.40 bits per heavy atom. The molecule has 1 unspecified atom stereocenters. The Morgan fingerprint density at radius 3 is 2.80 bits per heavy atom. The van der Waals surface area contributed by atoms with Gasteiger partial charge >= 0.3 is 0 Å². The van der Waals surface area contributed by atoms with E-state index in [-0.39, 0.29) is 5.91 Å². The molecule has 0 bridgehead atoms. The molecule has 1 rings (SSSR count). The van der Waals surface area contributed by atoms with Crippen molar-refractivity contribution in [3.8, 4) is 5.75 Å². The molecule has 0 aromatic heterocycles. The molecular formula is C16H26N2O2. The Kier molecular flexibility index (Phi) is 7.09. The molecule has 20 heavy (non-hydrogen) atoms. The summed E-state index contributed by atoms with van der Waals surface area (Å²) in [6.07, 6.45) is 1.52. The number of amides is 1. The first-order valence-electron chi connectivity index (χ1n) is 7.21. The van der Waals surface area contributed by atoms with Gasteiger partial charge in [-0.1, -0.05) is 19.1 Å². The van der Waals surface area contributed by atoms with Gasteiger partial charge < -0.3 is 15.0 Å². The lowest BCUT2D eigenvalue weighted by Crippen LogP contribution is -2.23. The quantitative estimate of drug-likeness (QED) is 0.794. The lowest BCUT2D eigenvalue weighted by atomic mass is 10.1. The standard InChI is InChI=1S/C16H26N2O2/c1-5-10-17-13(2)14-7-6-8-15(12-14)20-11-9-16(19)18(3)4/h6-8,12-13,17H,5,9-11H2,1-4H3. The van der Waals surface area contributed by atoms with Crippen LogP contribution in [0.4, 0.5) is 0 Å². The van der Waals surface area contributed by atoms with Gasteiger partial charge in [0.2, 0.25) is 5.91 Å². The third kappa shape index (κ3) is 5.61. The molecule has 1 amide bonds. The number of carbonyl (C=O) groups excluding carboxylic acids is 1. The Hall–Kier alpha value is -1.55. The van der Waals surface area contributed by atoms with Crippen LogP contribution in [0.3, 0.4) is 0 Å². The van der Waals surface area contributed by atoms with Crippen molar-refractivity contribution in [2.45, 2.75) is 32.7 Å². The second-order valence-electron chi connectivity index (χ2n) is 5.13. The molecule has 1 atom stereocenters. The molecule has 0 aliphatic rings. The van der Waals surface area contributed by atoms with Crippen LogP contribution in [0.25, 0.3) is 0 Å². The van der Waals surface area contributed by atoms with Crippen molar-refractivity contribution < 1.29 is 9.53 Å². The zero-order valence-electron chi connectivity index (χ0n) is 13.0. The topological polar surface area (TPSA) is 41.6 Å². The summed E-state index contributed by atoms with van der Waals surface area (Å²) in [6.45, 7) is 5.71. The molecular weight excluding hydrogens is 252 g/mol. The molecule has 0 saturated heterocycles. The number of hydrogen-bond acceptors (Lipinski definition) is 3. The predicted molar refractivity (Wildman–Crippen MR) is 82.0 cm³/mol. The Bertz CT molecular complexity index is 419. The molecule has 4 heteroatoms. The Labute approximate surface area is 122 Å². The molecule has 0 fully saturated rings. The summed E-state index contributed by atoms with van der Waals surface area (Å²) in [6, 6.07) is 8.35. The normalized spacial score (nSPS) is 12.0. The second-order valence-corrected chi connectivity index (χ2v) is 5.13. The van der Waals surface area contributed by atoms with Crippen LogP contribution in [-0.2, 0) is 4.79 Å². The number of benzene rings is 1. The fourth-order valence-electron chi connectivity index (χ4n) is 1.83. The molecule has 0 spiro atoms. The molecule has 4 nitrogen and oxygen atoms in total. The van der Waals surface area contributed by atoms with Crippen LogP contribution >= 0.6 is 0 Å². The van der Waals surface area contributed by atoms with Crippen molar-refractivity contribution in [1.29, 1.82) is 0 Å². The van der Waals surface area contributed by atoms with Crippen molar-refractivity contribution in [1.82, 2.24) is 10.2 Å². The number of rotatable bonds is 8. The molecule has 0 heterocycles. The van der Waals surface area contributed by atoms with Gasteiger partial charge in [0.1, 0.15) is 5.75 Å². The monoisotopic (exact) mass is 278 g/mol. The van der Waals surface area contributed by atoms with Crippen molar-refractivity contribution in [3.63, 3.8) is 0 Å². The third-order valence-electron chi connectivity index (χ3n) is 3.14. The molecule has 1 aromatic carbocycles. The predicted octanol–water partition coefficient (Wildman–Crippen LogP) is 2.60. The van der Waals surface area contributed by atoms with E-state index in [1.165, 1.54) is 5.56 Å². The summed E-state index contributed by atoms with van der Waals surface area (Å²) in [5.74, 6) is 0.901. The number of ether oxygens (including phenoxy) is 1. The molecule has 112 valence electrons.